The van der Waals surface area contributed by atoms with Crippen LogP contribution in [0.25, 0.3) is 0 Å². The summed E-state index contributed by atoms with van der Waals surface area (Å²) in [5, 5.41) is 10.4. The van der Waals surface area contributed by atoms with E-state index in [4.69, 9.17) is 0 Å². The smallest absolute Gasteiger partial charge is 0.0534 e. The number of hydrogen-bond donors (Lipinski definition) is 2. The van der Waals surface area contributed by atoms with E-state index in [0.717, 1.165) is 0 Å². The third-order valence-electron chi connectivity index (χ3n) is 3.04. The predicted molar refractivity (Wildman–Crippen MR) is 68.4 cm³/mol. The summed E-state index contributed by atoms with van der Waals surface area (Å²) in [4.78, 5) is 0. The van der Waals surface area contributed by atoms with Gasteiger partial charge in [0, 0.05) is 23.8 Å². The van der Waals surface area contributed by atoms with Crippen LogP contribution in [-0.4, -0.2) is 16.2 Å². The Labute approximate surface area is 99.0 Å². The fraction of sp³-hybridized carbons (Fsp3) is 0.769. The van der Waals surface area contributed by atoms with Crippen LogP contribution in [0.3, 0.4) is 0 Å². The normalized spacial score (nSPS) is 14.9. The van der Waals surface area contributed by atoms with Gasteiger partial charge in [-0.05, 0) is 20.3 Å². The maximum absolute atomic E-state index is 3.97. The Morgan fingerprint density at radius 3 is 2.75 bits per heavy atom. The quantitative estimate of drug-likeness (QED) is 0.663. The number of aromatic nitrogens is 2. The second-order valence-electron chi connectivity index (χ2n) is 4.67. The molecule has 1 aromatic rings. The Morgan fingerprint density at radius 2 is 2.12 bits per heavy atom. The van der Waals surface area contributed by atoms with Gasteiger partial charge in [0.25, 0.3) is 0 Å². The fourth-order valence-electron chi connectivity index (χ4n) is 1.98. The van der Waals surface area contributed by atoms with Crippen molar-refractivity contribution in [1.82, 2.24) is 15.5 Å². The summed E-state index contributed by atoms with van der Waals surface area (Å²) in [6.07, 6.45) is 10.5. The molecular weight excluding hydrogens is 198 g/mol. The second-order valence-corrected chi connectivity index (χ2v) is 4.67. The number of unbranched alkanes of at least 4 members (excludes halogenated alkanes) is 3. The molecule has 0 aliphatic heterocycles. The first-order chi connectivity index (χ1) is 7.74. The number of nitrogens with one attached hydrogen (secondary N) is 2. The summed E-state index contributed by atoms with van der Waals surface area (Å²) in [5.74, 6) is 0. The number of hydrogen-bond acceptors (Lipinski definition) is 2. The Balaban J connectivity index is 2.16. The van der Waals surface area contributed by atoms with Gasteiger partial charge >= 0.3 is 0 Å². The Hall–Kier alpha value is -0.830. The molecule has 0 saturated carbocycles. The van der Waals surface area contributed by atoms with Crippen LogP contribution < -0.4 is 5.32 Å². The van der Waals surface area contributed by atoms with E-state index in [1.807, 2.05) is 12.4 Å². The van der Waals surface area contributed by atoms with Crippen molar-refractivity contribution in [2.24, 2.45) is 0 Å². The van der Waals surface area contributed by atoms with Crippen molar-refractivity contribution in [2.75, 3.05) is 0 Å². The third-order valence-corrected chi connectivity index (χ3v) is 3.04. The number of aromatic amines is 1. The predicted octanol–water partition coefficient (Wildman–Crippen LogP) is 3.42. The molecule has 2 atom stereocenters. The van der Waals surface area contributed by atoms with E-state index in [0.29, 0.717) is 12.1 Å². The highest BCUT2D eigenvalue weighted by Crippen LogP contribution is 2.12. The van der Waals surface area contributed by atoms with Crippen molar-refractivity contribution in [2.45, 2.75) is 65.0 Å². The minimum atomic E-state index is 0.389. The molecule has 0 saturated heterocycles. The summed E-state index contributed by atoms with van der Waals surface area (Å²) in [5.41, 5.74) is 1.24. The molecule has 0 amide bonds. The Bertz CT molecular complexity index is 256. The molecule has 0 spiro atoms. The van der Waals surface area contributed by atoms with E-state index in [1.54, 1.807) is 0 Å². The average molecular weight is 223 g/mol. The molecule has 3 nitrogen and oxygen atoms in total. The molecule has 0 fully saturated rings. The summed E-state index contributed by atoms with van der Waals surface area (Å²) >= 11 is 0. The van der Waals surface area contributed by atoms with Crippen LogP contribution in [0.15, 0.2) is 12.4 Å². The molecule has 0 aromatic carbocycles. The van der Waals surface area contributed by atoms with Crippen molar-refractivity contribution in [3.8, 4) is 0 Å². The van der Waals surface area contributed by atoms with E-state index in [2.05, 4.69) is 36.3 Å². The molecule has 1 heterocycles. The molecule has 1 rings (SSSR count). The second kappa shape index (κ2) is 7.44. The first-order valence-electron chi connectivity index (χ1n) is 6.48. The average Bonchev–Trinajstić information content (AvgIpc) is 2.77. The van der Waals surface area contributed by atoms with Crippen molar-refractivity contribution >= 4 is 0 Å². The zero-order chi connectivity index (χ0) is 11.8. The van der Waals surface area contributed by atoms with E-state index < -0.39 is 0 Å². The van der Waals surface area contributed by atoms with Crippen molar-refractivity contribution in [3.63, 3.8) is 0 Å². The van der Waals surface area contributed by atoms with Gasteiger partial charge in [0.05, 0.1) is 6.20 Å². The molecule has 0 radical (unpaired) electrons. The number of rotatable bonds is 8. The third kappa shape index (κ3) is 4.79. The highest BCUT2D eigenvalue weighted by Gasteiger charge is 2.09. The van der Waals surface area contributed by atoms with Gasteiger partial charge in [0.2, 0.25) is 0 Å². The molecule has 0 aliphatic carbocycles. The number of H-pyrrole nitrogens is 1. The molecular formula is C13H25N3. The van der Waals surface area contributed by atoms with Gasteiger partial charge in [-0.3, -0.25) is 5.10 Å². The van der Waals surface area contributed by atoms with Gasteiger partial charge in [0.1, 0.15) is 0 Å². The van der Waals surface area contributed by atoms with Crippen LogP contribution in [0.2, 0.25) is 0 Å². The van der Waals surface area contributed by atoms with Gasteiger partial charge < -0.3 is 5.32 Å². The molecule has 0 bridgehead atoms. The van der Waals surface area contributed by atoms with Crippen molar-refractivity contribution in [3.05, 3.63) is 18.0 Å². The van der Waals surface area contributed by atoms with Gasteiger partial charge in [-0.25, -0.2) is 0 Å². The summed E-state index contributed by atoms with van der Waals surface area (Å²) in [7, 11) is 0. The van der Waals surface area contributed by atoms with Crippen molar-refractivity contribution < 1.29 is 0 Å². The summed E-state index contributed by atoms with van der Waals surface area (Å²) in [6.45, 7) is 6.71. The largest absolute Gasteiger partial charge is 0.308 e. The zero-order valence-corrected chi connectivity index (χ0v) is 10.8. The molecule has 92 valence electrons. The van der Waals surface area contributed by atoms with Crippen molar-refractivity contribution in [1.29, 1.82) is 0 Å². The molecule has 0 aliphatic rings. The fourth-order valence-corrected chi connectivity index (χ4v) is 1.98. The van der Waals surface area contributed by atoms with Crippen LogP contribution >= 0.6 is 0 Å². The van der Waals surface area contributed by atoms with Crippen LogP contribution in [-0.2, 0) is 0 Å². The van der Waals surface area contributed by atoms with Gasteiger partial charge in [-0.2, -0.15) is 5.10 Å². The monoisotopic (exact) mass is 223 g/mol. The van der Waals surface area contributed by atoms with Gasteiger partial charge in [-0.1, -0.05) is 32.6 Å². The minimum absolute atomic E-state index is 0.389. The highest BCUT2D eigenvalue weighted by molar-refractivity contribution is 5.08. The van der Waals surface area contributed by atoms with E-state index >= 15 is 0 Å². The lowest BCUT2D eigenvalue weighted by atomic mass is 10.1. The lowest BCUT2D eigenvalue weighted by Crippen LogP contribution is -2.28. The standard InChI is InChI=1S/C13H25N3/c1-4-5-6-7-8-11(2)16-12(3)13-9-14-15-10-13/h9-12,16H,4-8H2,1-3H3,(H,14,15). The highest BCUT2D eigenvalue weighted by atomic mass is 15.1. The molecule has 2 unspecified atom stereocenters. The van der Waals surface area contributed by atoms with E-state index in [1.165, 1.54) is 37.7 Å². The lowest BCUT2D eigenvalue weighted by molar-refractivity contribution is 0.438. The zero-order valence-electron chi connectivity index (χ0n) is 10.8. The molecule has 3 heteroatoms. The summed E-state index contributed by atoms with van der Waals surface area (Å²) < 4.78 is 0. The van der Waals surface area contributed by atoms with Crippen LogP contribution in [0.4, 0.5) is 0 Å². The Kier molecular flexibility index (Phi) is 6.16. The van der Waals surface area contributed by atoms with E-state index in [-0.39, 0.29) is 0 Å². The summed E-state index contributed by atoms with van der Waals surface area (Å²) in [6, 6.07) is 0.974. The van der Waals surface area contributed by atoms with Crippen LogP contribution in [0, 0.1) is 0 Å². The van der Waals surface area contributed by atoms with E-state index in [9.17, 15) is 0 Å². The minimum Gasteiger partial charge on any atom is -0.308 e. The van der Waals surface area contributed by atoms with Gasteiger partial charge in [-0.15, -0.1) is 0 Å². The topological polar surface area (TPSA) is 40.7 Å². The SMILES string of the molecule is CCCCCCC(C)NC(C)c1cn[nH]c1. The number of nitrogens with zero attached hydrogens (tertiary/aromatic N) is 1. The van der Waals surface area contributed by atoms with Crippen LogP contribution in [0.5, 0.6) is 0 Å². The Morgan fingerprint density at radius 1 is 1.31 bits per heavy atom. The molecule has 1 aromatic heterocycles. The molecule has 2 N–H and O–H groups in total. The first kappa shape index (κ1) is 13.2. The maximum Gasteiger partial charge on any atom is 0.0534 e. The van der Waals surface area contributed by atoms with Crippen LogP contribution in [0.1, 0.15) is 64.5 Å². The van der Waals surface area contributed by atoms with Gasteiger partial charge in [0.15, 0.2) is 0 Å². The maximum atomic E-state index is 3.97. The first-order valence-corrected chi connectivity index (χ1v) is 6.48. The molecule has 16 heavy (non-hydrogen) atoms. The lowest BCUT2D eigenvalue weighted by Gasteiger charge is -2.18.